The number of esters is 2. The molecule has 0 N–H and O–H groups in total. The number of unbranched alkanes of at least 4 members (excludes halogenated alkanes) is 64. The van der Waals surface area contributed by atoms with Crippen molar-refractivity contribution in [2.24, 2.45) is 0 Å². The van der Waals surface area contributed by atoms with E-state index < -0.39 is 24.3 Å². The van der Waals surface area contributed by atoms with Gasteiger partial charge in [-0.25, -0.2) is 0 Å². The number of quaternary nitrogens is 1. The summed E-state index contributed by atoms with van der Waals surface area (Å²) in [6.45, 7) is 4.73. The minimum Gasteiger partial charge on any atom is -0.545 e. The number of hydrogen-bond acceptors (Lipinski definition) is 8. The van der Waals surface area contributed by atoms with Gasteiger partial charge in [-0.3, -0.25) is 9.59 Å². The molecule has 0 saturated carbocycles. The van der Waals surface area contributed by atoms with Crippen LogP contribution in [0.3, 0.4) is 0 Å². The third-order valence-electron chi connectivity index (χ3n) is 21.1. The molecule has 0 heterocycles. The maximum atomic E-state index is 13.0. The maximum Gasteiger partial charge on any atom is 0.306 e. The third-order valence-corrected chi connectivity index (χ3v) is 21.1. The summed E-state index contributed by atoms with van der Waals surface area (Å²) in [6, 6.07) is 0. The summed E-state index contributed by atoms with van der Waals surface area (Å²) in [5.41, 5.74) is 0. The van der Waals surface area contributed by atoms with Crippen molar-refractivity contribution in [2.75, 3.05) is 47.5 Å². The van der Waals surface area contributed by atoms with Crippen LogP contribution in [0.1, 0.15) is 476 Å². The average molecular weight is 1450 g/mol. The van der Waals surface area contributed by atoms with Gasteiger partial charge in [0.2, 0.25) is 0 Å². The van der Waals surface area contributed by atoms with Crippen LogP contribution in [0.25, 0.3) is 0 Å². The molecule has 0 bridgehead atoms. The number of nitrogens with zero attached hydrogens (tertiary/aromatic N) is 1. The summed E-state index contributed by atoms with van der Waals surface area (Å²) in [4.78, 5) is 37.7. The van der Waals surface area contributed by atoms with Gasteiger partial charge in [0.1, 0.15) is 13.2 Å². The Morgan fingerprint density at radius 2 is 0.553 bits per heavy atom. The van der Waals surface area contributed by atoms with E-state index in [1.54, 1.807) is 0 Å². The first-order chi connectivity index (χ1) is 50.6. The normalized spacial score (nSPS) is 12.7. The fraction of sp³-hybridized carbons (Fsp3) is 0.883. The second-order valence-electron chi connectivity index (χ2n) is 32.6. The summed E-state index contributed by atoms with van der Waals surface area (Å²) >= 11 is 0. The molecule has 0 aromatic heterocycles. The van der Waals surface area contributed by atoms with E-state index in [1.807, 2.05) is 21.1 Å². The molecule has 0 aliphatic carbocycles. The summed E-state index contributed by atoms with van der Waals surface area (Å²) in [5.74, 6) is -2.24. The molecule has 0 fully saturated rings. The highest BCUT2D eigenvalue weighted by Gasteiger charge is 2.22. The van der Waals surface area contributed by atoms with E-state index in [0.29, 0.717) is 17.4 Å². The van der Waals surface area contributed by atoms with Crippen molar-refractivity contribution >= 4 is 17.9 Å². The van der Waals surface area contributed by atoms with Crippen LogP contribution >= 0.6 is 0 Å². The number of carbonyl (C=O) groups excluding carboxylic acids is 3. The lowest BCUT2D eigenvalue weighted by molar-refractivity contribution is -0.870. The Labute approximate surface area is 642 Å². The molecule has 2 atom stereocenters. The van der Waals surface area contributed by atoms with Gasteiger partial charge in [0.25, 0.3) is 0 Å². The molecular formula is C94H177NO8. The highest BCUT2D eigenvalue weighted by molar-refractivity contribution is 5.70. The summed E-state index contributed by atoms with van der Waals surface area (Å²) < 4.78 is 22.9. The molecule has 0 aliphatic heterocycles. The zero-order valence-corrected chi connectivity index (χ0v) is 69.7. The molecule has 0 radical (unpaired) electrons. The molecule has 2 unspecified atom stereocenters. The Balaban J connectivity index is 3.87. The lowest BCUT2D eigenvalue weighted by Gasteiger charge is -2.26. The van der Waals surface area contributed by atoms with Crippen LogP contribution in [-0.4, -0.2) is 82.3 Å². The van der Waals surface area contributed by atoms with Crippen LogP contribution in [0.15, 0.2) is 48.6 Å². The molecule has 0 rings (SSSR count). The molecular weight excluding hydrogens is 1270 g/mol. The SMILES string of the molecule is CC/C=C\C/C=C\C/C=C\C/C=C\CCCCCCCCCCCCCCCCCCCCCCCCCCC(=O)OC(COC(=O)CCCCCCCCCCCCCCCCCCCCCCCCCCCCCCCCCCCCCCCCCCC)COC(OCC[N+](C)(C)C)C(=O)[O-]. The van der Waals surface area contributed by atoms with Gasteiger partial charge in [0, 0.05) is 12.8 Å². The molecule has 0 aromatic rings. The first-order valence-corrected chi connectivity index (χ1v) is 45.8. The molecule has 606 valence electrons. The standard InChI is InChI=1S/C94H177NO8/c1-6-8-10-12-14-16-18-20-22-24-26-28-30-32-34-36-38-40-42-44-45-46-47-49-50-52-54-56-58-60-62-64-66-68-70-72-74-76-78-80-82-84-91(96)101-88-90(89-102-94(93(98)99)100-87-86-95(3,4)5)103-92(97)85-83-81-79-77-75-73-71-69-67-65-63-61-59-57-55-53-51-48-43-41-39-37-35-33-31-29-27-25-23-21-19-17-15-13-11-9-7-2/h9,11,15,17,21,23,27,29,90,94H,6-8,10,12-14,16,18-20,22,24-26,28,30-89H2,1-5H3/b11-9-,17-15-,23-21-,29-27-. The van der Waals surface area contributed by atoms with Crippen molar-refractivity contribution in [3.8, 4) is 0 Å². The Morgan fingerprint density at radius 1 is 0.301 bits per heavy atom. The number of ether oxygens (including phenoxy) is 4. The fourth-order valence-corrected chi connectivity index (χ4v) is 14.2. The van der Waals surface area contributed by atoms with Gasteiger partial charge in [-0.1, -0.05) is 461 Å². The minimum atomic E-state index is -1.62. The van der Waals surface area contributed by atoms with Gasteiger partial charge < -0.3 is 33.3 Å². The van der Waals surface area contributed by atoms with Crippen LogP contribution in [0, 0.1) is 0 Å². The number of likely N-dealkylation sites (N-methyl/N-ethyl adjacent to an activating group) is 1. The number of aliphatic carboxylic acids is 1. The average Bonchev–Trinajstić information content (AvgIpc) is 1.16. The highest BCUT2D eigenvalue weighted by Crippen LogP contribution is 2.21. The predicted octanol–water partition coefficient (Wildman–Crippen LogP) is 28.6. The van der Waals surface area contributed by atoms with E-state index in [1.165, 1.54) is 385 Å². The minimum absolute atomic E-state index is 0.151. The van der Waals surface area contributed by atoms with Crippen LogP contribution in [0.4, 0.5) is 0 Å². The highest BCUT2D eigenvalue weighted by atomic mass is 16.7. The molecule has 0 amide bonds. The second-order valence-corrected chi connectivity index (χ2v) is 32.6. The fourth-order valence-electron chi connectivity index (χ4n) is 14.2. The van der Waals surface area contributed by atoms with Crippen molar-refractivity contribution in [3.63, 3.8) is 0 Å². The zero-order valence-electron chi connectivity index (χ0n) is 69.7. The van der Waals surface area contributed by atoms with Crippen LogP contribution in [0.2, 0.25) is 0 Å². The topological polar surface area (TPSA) is 111 Å². The molecule has 9 nitrogen and oxygen atoms in total. The Hall–Kier alpha value is -2.75. The first kappa shape index (κ1) is 100. The quantitative estimate of drug-likeness (QED) is 0.0195. The van der Waals surface area contributed by atoms with Gasteiger partial charge in [-0.05, 0) is 51.4 Å². The van der Waals surface area contributed by atoms with Crippen LogP contribution < -0.4 is 5.11 Å². The van der Waals surface area contributed by atoms with E-state index in [0.717, 1.165) is 64.2 Å². The lowest BCUT2D eigenvalue weighted by atomic mass is 10.0. The van der Waals surface area contributed by atoms with Gasteiger partial charge in [0.05, 0.1) is 40.3 Å². The van der Waals surface area contributed by atoms with Gasteiger partial charge in [0.15, 0.2) is 12.4 Å². The Kier molecular flexibility index (Phi) is 82.6. The molecule has 103 heavy (non-hydrogen) atoms. The number of rotatable bonds is 87. The summed E-state index contributed by atoms with van der Waals surface area (Å²) in [7, 11) is 5.96. The van der Waals surface area contributed by atoms with Crippen LogP contribution in [-0.2, 0) is 33.3 Å². The summed E-state index contributed by atoms with van der Waals surface area (Å²) in [6.07, 6.45) is 110. The largest absolute Gasteiger partial charge is 0.545 e. The molecule has 9 heteroatoms. The van der Waals surface area contributed by atoms with Crippen molar-refractivity contribution in [3.05, 3.63) is 48.6 Å². The van der Waals surface area contributed by atoms with Crippen molar-refractivity contribution in [1.29, 1.82) is 0 Å². The number of carboxylic acid groups (broad SMARTS) is 1. The Morgan fingerprint density at radius 3 is 0.825 bits per heavy atom. The summed E-state index contributed by atoms with van der Waals surface area (Å²) in [5, 5.41) is 11.9. The predicted molar refractivity (Wildman–Crippen MR) is 445 cm³/mol. The van der Waals surface area contributed by atoms with Crippen molar-refractivity contribution < 1.29 is 42.9 Å². The number of allylic oxidation sites excluding steroid dienone is 8. The number of carboxylic acids is 1. The molecule has 0 spiro atoms. The van der Waals surface area contributed by atoms with E-state index in [9.17, 15) is 19.5 Å². The van der Waals surface area contributed by atoms with Crippen LogP contribution in [0.5, 0.6) is 0 Å². The van der Waals surface area contributed by atoms with E-state index in [4.69, 9.17) is 18.9 Å². The number of hydrogen-bond donors (Lipinski definition) is 0. The van der Waals surface area contributed by atoms with Gasteiger partial charge in [-0.2, -0.15) is 0 Å². The molecule has 0 saturated heterocycles. The smallest absolute Gasteiger partial charge is 0.306 e. The zero-order chi connectivity index (χ0) is 74.6. The van der Waals surface area contributed by atoms with E-state index in [2.05, 4.69) is 62.5 Å². The van der Waals surface area contributed by atoms with Gasteiger partial charge >= 0.3 is 11.9 Å². The molecule has 0 aromatic carbocycles. The maximum absolute atomic E-state index is 13.0. The van der Waals surface area contributed by atoms with Crippen molar-refractivity contribution in [2.45, 2.75) is 489 Å². The second kappa shape index (κ2) is 84.9. The van der Waals surface area contributed by atoms with Crippen molar-refractivity contribution in [1.82, 2.24) is 0 Å². The first-order valence-electron chi connectivity index (χ1n) is 45.8. The third kappa shape index (κ3) is 86.4. The lowest BCUT2D eigenvalue weighted by Crippen LogP contribution is -2.44. The Bertz CT molecular complexity index is 1840. The monoisotopic (exact) mass is 1450 g/mol. The molecule has 0 aliphatic rings. The number of carbonyl (C=O) groups is 3. The van der Waals surface area contributed by atoms with Gasteiger partial charge in [-0.15, -0.1) is 0 Å². The van der Waals surface area contributed by atoms with E-state index >= 15 is 0 Å². The van der Waals surface area contributed by atoms with E-state index in [-0.39, 0.29) is 32.2 Å².